The van der Waals surface area contributed by atoms with Gasteiger partial charge in [0.15, 0.2) is 11.5 Å². The van der Waals surface area contributed by atoms with Crippen molar-refractivity contribution >= 4 is 57.3 Å². The lowest BCUT2D eigenvalue weighted by Crippen LogP contribution is -2.05. The molecule has 3 nitrogen and oxygen atoms in total. The number of alkyl halides is 4. The molecular formula is C23H18ClF3IN3S2. The fraction of sp³-hybridized carbons (Fsp3) is 0.217. The molecule has 10 heteroatoms. The molecule has 33 heavy (non-hydrogen) atoms. The van der Waals surface area contributed by atoms with Gasteiger partial charge in [0.05, 0.1) is 15.6 Å². The SMILES string of the molecule is CCSc1ncc(-c2ccc(-c3nc(C(F)(F)F)cn3-c3cc(Cl)ccc3CI)s2)cc1C. The van der Waals surface area contributed by atoms with E-state index in [0.717, 1.165) is 38.5 Å². The predicted octanol–water partition coefficient (Wildman–Crippen LogP) is 8.69. The number of thioether (sulfide) groups is 1. The van der Waals surface area contributed by atoms with Gasteiger partial charge in [-0.2, -0.15) is 13.2 Å². The van der Waals surface area contributed by atoms with E-state index in [4.69, 9.17) is 11.6 Å². The quantitative estimate of drug-likeness (QED) is 0.123. The van der Waals surface area contributed by atoms with Crippen molar-refractivity contribution in [1.29, 1.82) is 0 Å². The van der Waals surface area contributed by atoms with E-state index in [-0.39, 0.29) is 5.82 Å². The lowest BCUT2D eigenvalue weighted by molar-refractivity contribution is -0.140. The Labute approximate surface area is 216 Å². The van der Waals surface area contributed by atoms with Gasteiger partial charge >= 0.3 is 6.18 Å². The number of thiophene rings is 1. The third-order valence-corrected chi connectivity index (χ3v) is 8.05. The molecule has 0 bridgehead atoms. The molecule has 0 fully saturated rings. The highest BCUT2D eigenvalue weighted by molar-refractivity contribution is 14.1. The second kappa shape index (κ2) is 9.97. The zero-order chi connectivity index (χ0) is 23.8. The molecule has 0 spiro atoms. The molecule has 1 aromatic carbocycles. The van der Waals surface area contributed by atoms with Crippen molar-refractivity contribution in [3.8, 4) is 26.8 Å². The summed E-state index contributed by atoms with van der Waals surface area (Å²) in [5, 5.41) is 1.43. The molecule has 4 rings (SSSR count). The van der Waals surface area contributed by atoms with Crippen molar-refractivity contribution < 1.29 is 13.2 Å². The molecule has 4 aromatic rings. The first kappa shape index (κ1) is 24.6. The first-order chi connectivity index (χ1) is 15.7. The fourth-order valence-corrected chi connectivity index (χ4v) is 5.82. The molecule has 0 radical (unpaired) electrons. The normalized spacial score (nSPS) is 11.8. The summed E-state index contributed by atoms with van der Waals surface area (Å²) in [7, 11) is 0. The average molecular weight is 620 g/mol. The van der Waals surface area contributed by atoms with Crippen LogP contribution >= 0.6 is 57.3 Å². The maximum Gasteiger partial charge on any atom is 0.434 e. The van der Waals surface area contributed by atoms with Gasteiger partial charge in [-0.05, 0) is 54.1 Å². The lowest BCUT2D eigenvalue weighted by Gasteiger charge is -2.11. The van der Waals surface area contributed by atoms with Crippen LogP contribution in [0.15, 0.2) is 53.8 Å². The average Bonchev–Trinajstić information content (AvgIpc) is 3.42. The highest BCUT2D eigenvalue weighted by Gasteiger charge is 2.35. The number of aromatic nitrogens is 3. The van der Waals surface area contributed by atoms with E-state index in [1.54, 1.807) is 36.2 Å². The number of nitrogens with zero attached hydrogens (tertiary/aromatic N) is 3. The Balaban J connectivity index is 1.82. The molecule has 3 heterocycles. The molecule has 0 unspecified atom stereocenters. The Hall–Kier alpha value is -1.56. The van der Waals surface area contributed by atoms with Gasteiger partial charge in [-0.1, -0.05) is 47.2 Å². The first-order valence-electron chi connectivity index (χ1n) is 9.92. The molecule has 3 aromatic heterocycles. The van der Waals surface area contributed by atoms with Crippen LogP contribution < -0.4 is 0 Å². The summed E-state index contributed by atoms with van der Waals surface area (Å²) >= 11 is 11.4. The zero-order valence-electron chi connectivity index (χ0n) is 17.6. The smallest absolute Gasteiger partial charge is 0.298 e. The zero-order valence-corrected chi connectivity index (χ0v) is 22.1. The van der Waals surface area contributed by atoms with E-state index in [1.807, 2.05) is 19.1 Å². The highest BCUT2D eigenvalue weighted by Crippen LogP contribution is 2.39. The molecule has 0 amide bonds. The monoisotopic (exact) mass is 619 g/mol. The van der Waals surface area contributed by atoms with Crippen molar-refractivity contribution in [3.05, 3.63) is 70.6 Å². The van der Waals surface area contributed by atoms with Crippen LogP contribution in [0, 0.1) is 6.92 Å². The van der Waals surface area contributed by atoms with Crippen molar-refractivity contribution in [2.45, 2.75) is 29.5 Å². The number of aryl methyl sites for hydroxylation is 1. The molecular weight excluding hydrogens is 602 g/mol. The molecule has 172 valence electrons. The van der Waals surface area contributed by atoms with Crippen LogP contribution in [0.5, 0.6) is 0 Å². The summed E-state index contributed by atoms with van der Waals surface area (Å²) in [4.78, 5) is 10.1. The molecule has 0 aliphatic heterocycles. The molecule has 0 saturated carbocycles. The lowest BCUT2D eigenvalue weighted by atomic mass is 10.2. The Morgan fingerprint density at radius 1 is 1.15 bits per heavy atom. The summed E-state index contributed by atoms with van der Waals surface area (Å²) in [5.41, 5.74) is 2.51. The molecule has 0 atom stereocenters. The van der Waals surface area contributed by atoms with Gasteiger partial charge in [0.2, 0.25) is 0 Å². The number of pyridine rings is 1. The second-order valence-electron chi connectivity index (χ2n) is 7.17. The van der Waals surface area contributed by atoms with E-state index in [9.17, 15) is 13.2 Å². The second-order valence-corrected chi connectivity index (χ2v) is 10.7. The van der Waals surface area contributed by atoms with Gasteiger partial charge in [0.1, 0.15) is 0 Å². The highest BCUT2D eigenvalue weighted by atomic mass is 127. The Kier molecular flexibility index (Phi) is 7.42. The summed E-state index contributed by atoms with van der Waals surface area (Å²) in [6.45, 7) is 4.09. The number of benzene rings is 1. The fourth-order valence-electron chi connectivity index (χ4n) is 3.35. The minimum atomic E-state index is -4.56. The van der Waals surface area contributed by atoms with Gasteiger partial charge in [-0.25, -0.2) is 9.97 Å². The van der Waals surface area contributed by atoms with Crippen LogP contribution in [-0.4, -0.2) is 20.3 Å². The van der Waals surface area contributed by atoms with E-state index >= 15 is 0 Å². The number of rotatable bonds is 6. The van der Waals surface area contributed by atoms with Crippen LogP contribution in [0.3, 0.4) is 0 Å². The van der Waals surface area contributed by atoms with Crippen LogP contribution in [-0.2, 0) is 10.6 Å². The van der Waals surface area contributed by atoms with E-state index < -0.39 is 11.9 Å². The van der Waals surface area contributed by atoms with Gasteiger partial charge in [-0.15, -0.1) is 23.1 Å². The molecule has 0 aliphatic carbocycles. The maximum absolute atomic E-state index is 13.6. The van der Waals surface area contributed by atoms with Crippen molar-refractivity contribution in [2.75, 3.05) is 5.75 Å². The van der Waals surface area contributed by atoms with Crippen LogP contribution in [0.2, 0.25) is 5.02 Å². The Morgan fingerprint density at radius 2 is 1.91 bits per heavy atom. The van der Waals surface area contributed by atoms with Crippen molar-refractivity contribution in [3.63, 3.8) is 0 Å². The summed E-state index contributed by atoms with van der Waals surface area (Å²) in [6, 6.07) is 11.0. The third kappa shape index (κ3) is 5.26. The van der Waals surface area contributed by atoms with Gasteiger partial charge < -0.3 is 0 Å². The standard InChI is InChI=1S/C23H18ClF3IN3S2/c1-3-32-22-13(2)8-15(11-29-22)18-6-7-19(33-18)21-30-20(23(25,26)27)12-31(21)17-9-16(24)5-4-14(17)10-28/h4-9,11-12H,3,10H2,1-2H3. The minimum Gasteiger partial charge on any atom is -0.298 e. The summed E-state index contributed by atoms with van der Waals surface area (Å²) < 4.78 is 42.8. The van der Waals surface area contributed by atoms with Crippen molar-refractivity contribution in [1.82, 2.24) is 14.5 Å². The molecule has 0 saturated heterocycles. The Morgan fingerprint density at radius 3 is 2.58 bits per heavy atom. The minimum absolute atomic E-state index is 0.231. The first-order valence-corrected chi connectivity index (χ1v) is 13.6. The summed E-state index contributed by atoms with van der Waals surface area (Å²) in [6.07, 6.45) is -1.71. The van der Waals surface area contributed by atoms with Gasteiger partial charge in [0, 0.05) is 32.3 Å². The summed E-state index contributed by atoms with van der Waals surface area (Å²) in [5.74, 6) is 1.17. The third-order valence-electron chi connectivity index (χ3n) is 4.87. The molecule has 0 aliphatic rings. The number of halogens is 5. The van der Waals surface area contributed by atoms with E-state index in [1.165, 1.54) is 15.9 Å². The van der Waals surface area contributed by atoms with Crippen LogP contribution in [0.1, 0.15) is 23.7 Å². The Bertz CT molecular complexity index is 1300. The molecule has 0 N–H and O–H groups in total. The number of imidazole rings is 1. The topological polar surface area (TPSA) is 30.7 Å². The van der Waals surface area contributed by atoms with Gasteiger partial charge in [-0.3, -0.25) is 4.57 Å². The van der Waals surface area contributed by atoms with Gasteiger partial charge in [0.25, 0.3) is 0 Å². The largest absolute Gasteiger partial charge is 0.434 e. The number of hydrogen-bond acceptors (Lipinski definition) is 4. The van der Waals surface area contributed by atoms with Crippen molar-refractivity contribution in [2.24, 2.45) is 0 Å². The van der Waals surface area contributed by atoms with Crippen LogP contribution in [0.25, 0.3) is 26.8 Å². The van der Waals surface area contributed by atoms with E-state index in [2.05, 4.69) is 45.5 Å². The van der Waals surface area contributed by atoms with E-state index in [0.29, 0.717) is 20.0 Å². The number of hydrogen-bond donors (Lipinski definition) is 0. The van der Waals surface area contributed by atoms with Crippen LogP contribution in [0.4, 0.5) is 13.2 Å². The predicted molar refractivity (Wildman–Crippen MR) is 139 cm³/mol. The maximum atomic E-state index is 13.6.